The molecule has 1 N–H and O–H groups in total. The van der Waals surface area contributed by atoms with Crippen molar-refractivity contribution in [1.82, 2.24) is 13.9 Å². The highest BCUT2D eigenvalue weighted by Crippen LogP contribution is 2.23. The first-order valence-electron chi connectivity index (χ1n) is 11.6. The summed E-state index contributed by atoms with van der Waals surface area (Å²) in [5.41, 5.74) is 1.68. The number of hydrogen-bond donors (Lipinski definition) is 1. The number of benzene rings is 2. The molecule has 0 bridgehead atoms. The summed E-state index contributed by atoms with van der Waals surface area (Å²) in [5, 5.41) is 3.87. The van der Waals surface area contributed by atoms with Gasteiger partial charge in [-0.15, -0.1) is 0 Å². The second kappa shape index (κ2) is 11.8. The maximum absolute atomic E-state index is 13.1. The van der Waals surface area contributed by atoms with Crippen LogP contribution in [0.1, 0.15) is 38.2 Å². The fourth-order valence-corrected chi connectivity index (χ4v) is 5.33. The third-order valence-electron chi connectivity index (χ3n) is 5.66. The Labute approximate surface area is 210 Å². The highest BCUT2D eigenvalue weighted by atomic mass is 32.2. The standard InChI is InChI=1S/C25H32N4O4S2/c1-5-6-7-10-15-29-24(31)20-11-8-9-12-21(20)27-25(29)34-17-23(30)26-22-16-19(14-13-18(22)2)35(32,33)28(3)4/h8-9,11-14,16H,5-7,10,15,17H2,1-4H3,(H,26,30). The van der Waals surface area contributed by atoms with Crippen molar-refractivity contribution in [2.75, 3.05) is 25.2 Å². The van der Waals surface area contributed by atoms with Gasteiger partial charge in [-0.3, -0.25) is 14.2 Å². The number of sulfonamides is 1. The number of nitrogens with one attached hydrogen (secondary N) is 1. The minimum absolute atomic E-state index is 0.0316. The molecular weight excluding hydrogens is 484 g/mol. The Morgan fingerprint density at radius 2 is 1.86 bits per heavy atom. The highest BCUT2D eigenvalue weighted by Gasteiger charge is 2.19. The van der Waals surface area contributed by atoms with E-state index in [1.54, 1.807) is 29.7 Å². The van der Waals surface area contributed by atoms with Gasteiger partial charge in [0.05, 0.1) is 21.6 Å². The van der Waals surface area contributed by atoms with E-state index >= 15 is 0 Å². The van der Waals surface area contributed by atoms with Crippen LogP contribution < -0.4 is 10.9 Å². The maximum atomic E-state index is 13.1. The molecule has 0 fully saturated rings. The van der Waals surface area contributed by atoms with Crippen LogP contribution in [0, 0.1) is 6.92 Å². The minimum atomic E-state index is -3.62. The molecule has 0 saturated carbocycles. The van der Waals surface area contributed by atoms with E-state index in [4.69, 9.17) is 0 Å². The van der Waals surface area contributed by atoms with Crippen LogP contribution in [0.3, 0.4) is 0 Å². The van der Waals surface area contributed by atoms with Crippen molar-refractivity contribution in [2.45, 2.75) is 56.1 Å². The number of aromatic nitrogens is 2. The van der Waals surface area contributed by atoms with E-state index in [2.05, 4.69) is 17.2 Å². The smallest absolute Gasteiger partial charge is 0.262 e. The number of nitrogens with zero attached hydrogens (tertiary/aromatic N) is 3. The van der Waals surface area contributed by atoms with Gasteiger partial charge < -0.3 is 5.32 Å². The molecule has 1 amide bonds. The summed E-state index contributed by atoms with van der Waals surface area (Å²) in [7, 11) is -0.701. The fourth-order valence-electron chi connectivity index (χ4n) is 3.58. The molecule has 188 valence electrons. The number of fused-ring (bicyclic) bond motifs is 1. The Bertz CT molecular complexity index is 1370. The molecule has 10 heteroatoms. The Morgan fingerprint density at radius 1 is 1.11 bits per heavy atom. The van der Waals surface area contributed by atoms with Crippen LogP contribution in [-0.2, 0) is 21.4 Å². The number of unbranched alkanes of at least 4 members (excludes halogenated alkanes) is 3. The number of carbonyl (C=O) groups excluding carboxylic acids is 1. The van der Waals surface area contributed by atoms with Crippen molar-refractivity contribution in [3.05, 3.63) is 58.4 Å². The lowest BCUT2D eigenvalue weighted by Crippen LogP contribution is -2.24. The van der Waals surface area contributed by atoms with Gasteiger partial charge in [-0.05, 0) is 43.2 Å². The second-order valence-electron chi connectivity index (χ2n) is 8.53. The molecule has 0 atom stereocenters. The third-order valence-corrected chi connectivity index (χ3v) is 8.44. The molecule has 8 nitrogen and oxygen atoms in total. The molecule has 1 aromatic heterocycles. The van der Waals surface area contributed by atoms with Crippen molar-refractivity contribution < 1.29 is 13.2 Å². The van der Waals surface area contributed by atoms with Gasteiger partial charge in [0.1, 0.15) is 0 Å². The number of hydrogen-bond acceptors (Lipinski definition) is 6. The van der Waals surface area contributed by atoms with Crippen LogP contribution in [0.15, 0.2) is 57.3 Å². The number of anilines is 1. The molecule has 0 radical (unpaired) electrons. The molecule has 35 heavy (non-hydrogen) atoms. The summed E-state index contributed by atoms with van der Waals surface area (Å²) >= 11 is 1.20. The first-order valence-corrected chi connectivity index (χ1v) is 14.0. The second-order valence-corrected chi connectivity index (χ2v) is 11.6. The summed E-state index contributed by atoms with van der Waals surface area (Å²) < 4.78 is 27.7. The Kier molecular flexibility index (Phi) is 9.09. The van der Waals surface area contributed by atoms with E-state index in [1.165, 1.54) is 38.0 Å². The summed E-state index contributed by atoms with van der Waals surface area (Å²) in [4.78, 5) is 30.7. The van der Waals surface area contributed by atoms with Gasteiger partial charge in [0, 0.05) is 26.3 Å². The average Bonchev–Trinajstić information content (AvgIpc) is 2.83. The molecule has 0 aliphatic heterocycles. The first kappa shape index (κ1) is 26.9. The SMILES string of the molecule is CCCCCCn1c(SCC(=O)Nc2cc(S(=O)(=O)N(C)C)ccc2C)nc2ccccc2c1=O. The van der Waals surface area contributed by atoms with Crippen LogP contribution >= 0.6 is 11.8 Å². The van der Waals surface area contributed by atoms with Gasteiger partial charge in [-0.1, -0.05) is 56.1 Å². The molecule has 0 spiro atoms. The van der Waals surface area contributed by atoms with Gasteiger partial charge in [0.25, 0.3) is 5.56 Å². The molecule has 0 unspecified atom stereocenters. The van der Waals surface area contributed by atoms with Gasteiger partial charge in [0.15, 0.2) is 5.16 Å². The Hall–Kier alpha value is -2.69. The van der Waals surface area contributed by atoms with Gasteiger partial charge in [0.2, 0.25) is 15.9 Å². The van der Waals surface area contributed by atoms with Crippen molar-refractivity contribution in [2.24, 2.45) is 0 Å². The van der Waals surface area contributed by atoms with Crippen LogP contribution in [0.2, 0.25) is 0 Å². The van der Waals surface area contributed by atoms with Crippen LogP contribution in [0.4, 0.5) is 5.69 Å². The predicted molar refractivity (Wildman–Crippen MR) is 142 cm³/mol. The molecule has 0 saturated heterocycles. The van der Waals surface area contributed by atoms with Crippen LogP contribution in [-0.4, -0.2) is 48.0 Å². The topological polar surface area (TPSA) is 101 Å². The molecular formula is C25H32N4O4S2. The van der Waals surface area contributed by atoms with Crippen molar-refractivity contribution in [1.29, 1.82) is 0 Å². The predicted octanol–water partition coefficient (Wildman–Crippen LogP) is 4.27. The summed E-state index contributed by atoms with van der Waals surface area (Å²) in [6.07, 6.45) is 4.08. The zero-order valence-electron chi connectivity index (χ0n) is 20.6. The highest BCUT2D eigenvalue weighted by molar-refractivity contribution is 7.99. The van der Waals surface area contributed by atoms with E-state index in [-0.39, 0.29) is 22.1 Å². The Morgan fingerprint density at radius 3 is 2.57 bits per heavy atom. The fraction of sp³-hybridized carbons (Fsp3) is 0.400. The maximum Gasteiger partial charge on any atom is 0.262 e. The number of thioether (sulfide) groups is 1. The lowest BCUT2D eigenvalue weighted by Gasteiger charge is -2.15. The minimum Gasteiger partial charge on any atom is -0.325 e. The van der Waals surface area contributed by atoms with Gasteiger partial charge in [-0.25, -0.2) is 17.7 Å². The molecule has 3 rings (SSSR count). The normalized spacial score (nSPS) is 11.8. The van der Waals surface area contributed by atoms with E-state index in [9.17, 15) is 18.0 Å². The number of carbonyl (C=O) groups is 1. The molecule has 3 aromatic rings. The largest absolute Gasteiger partial charge is 0.325 e. The lowest BCUT2D eigenvalue weighted by molar-refractivity contribution is -0.113. The monoisotopic (exact) mass is 516 g/mol. The summed E-state index contributed by atoms with van der Waals surface area (Å²) in [5.74, 6) is -0.276. The van der Waals surface area contributed by atoms with E-state index in [1.807, 2.05) is 12.1 Å². The van der Waals surface area contributed by atoms with Crippen molar-refractivity contribution >= 4 is 44.3 Å². The first-order chi connectivity index (χ1) is 16.6. The van der Waals surface area contributed by atoms with Crippen LogP contribution in [0.5, 0.6) is 0 Å². The molecule has 0 aliphatic carbocycles. The number of rotatable bonds is 11. The van der Waals surface area contributed by atoms with E-state index in [0.29, 0.717) is 28.3 Å². The summed E-state index contributed by atoms with van der Waals surface area (Å²) in [6.45, 7) is 4.48. The third kappa shape index (κ3) is 6.50. The molecule has 2 aromatic carbocycles. The number of aryl methyl sites for hydroxylation is 1. The number of para-hydroxylation sites is 1. The van der Waals surface area contributed by atoms with Gasteiger partial charge in [-0.2, -0.15) is 0 Å². The van der Waals surface area contributed by atoms with Crippen LogP contribution in [0.25, 0.3) is 10.9 Å². The van der Waals surface area contributed by atoms with E-state index in [0.717, 1.165) is 35.6 Å². The lowest BCUT2D eigenvalue weighted by atomic mass is 10.2. The zero-order chi connectivity index (χ0) is 25.6. The quantitative estimate of drug-likeness (QED) is 0.232. The number of amides is 1. The average molecular weight is 517 g/mol. The summed E-state index contributed by atoms with van der Waals surface area (Å²) in [6, 6.07) is 11.9. The Balaban J connectivity index is 1.80. The van der Waals surface area contributed by atoms with Crippen molar-refractivity contribution in [3.8, 4) is 0 Å². The van der Waals surface area contributed by atoms with E-state index < -0.39 is 10.0 Å². The van der Waals surface area contributed by atoms with Gasteiger partial charge >= 0.3 is 0 Å². The zero-order valence-corrected chi connectivity index (χ0v) is 22.2. The molecule has 1 heterocycles. The van der Waals surface area contributed by atoms with Crippen molar-refractivity contribution in [3.63, 3.8) is 0 Å². The molecule has 0 aliphatic rings.